The Balaban J connectivity index is 0.000000284. The van der Waals surface area contributed by atoms with Crippen LogP contribution >= 0.6 is 0 Å². The summed E-state index contributed by atoms with van der Waals surface area (Å²) in [5.41, 5.74) is 1.07. The maximum absolute atomic E-state index is 11.8. The SMILES string of the molecule is COC(=O)C1C=Nc2ccccc2C1=O.O=C(OC(=O)C(F)(F)F)C(F)(F)F. The van der Waals surface area contributed by atoms with Gasteiger partial charge >= 0.3 is 30.3 Å². The number of esters is 3. The van der Waals surface area contributed by atoms with Crippen molar-refractivity contribution in [2.24, 2.45) is 10.9 Å². The van der Waals surface area contributed by atoms with Crippen LogP contribution in [0.3, 0.4) is 0 Å². The number of halogens is 6. The van der Waals surface area contributed by atoms with Gasteiger partial charge in [0.05, 0.1) is 12.8 Å². The first kappa shape index (κ1) is 22.8. The van der Waals surface area contributed by atoms with Crippen LogP contribution in [0.25, 0.3) is 0 Å². The Hall–Kier alpha value is -3.25. The first-order chi connectivity index (χ1) is 12.8. The zero-order chi connectivity index (χ0) is 21.7. The highest BCUT2D eigenvalue weighted by Crippen LogP contribution is 2.26. The van der Waals surface area contributed by atoms with Crippen LogP contribution in [-0.2, 0) is 23.9 Å². The van der Waals surface area contributed by atoms with E-state index in [1.807, 2.05) is 0 Å². The third-order valence-corrected chi connectivity index (χ3v) is 2.92. The summed E-state index contributed by atoms with van der Waals surface area (Å²) in [7, 11) is 1.25. The number of para-hydroxylation sites is 1. The Morgan fingerprint density at radius 3 is 1.93 bits per heavy atom. The highest BCUT2D eigenvalue weighted by Gasteiger charge is 2.49. The molecule has 0 amide bonds. The summed E-state index contributed by atoms with van der Waals surface area (Å²) in [6, 6.07) is 6.93. The van der Waals surface area contributed by atoms with Crippen molar-refractivity contribution in [3.05, 3.63) is 29.8 Å². The van der Waals surface area contributed by atoms with E-state index in [0.717, 1.165) is 0 Å². The molecule has 0 radical (unpaired) electrons. The lowest BCUT2D eigenvalue weighted by atomic mass is 9.95. The van der Waals surface area contributed by atoms with E-state index in [-0.39, 0.29) is 5.78 Å². The second kappa shape index (κ2) is 8.63. The van der Waals surface area contributed by atoms with Crippen molar-refractivity contribution in [3.8, 4) is 0 Å². The van der Waals surface area contributed by atoms with Gasteiger partial charge in [-0.1, -0.05) is 12.1 Å². The topological polar surface area (TPSA) is 99.1 Å². The van der Waals surface area contributed by atoms with Crippen molar-refractivity contribution >= 4 is 35.6 Å². The van der Waals surface area contributed by atoms with Gasteiger partial charge in [-0.3, -0.25) is 14.6 Å². The second-order valence-electron chi connectivity index (χ2n) is 4.83. The van der Waals surface area contributed by atoms with Gasteiger partial charge in [-0.2, -0.15) is 26.3 Å². The number of carbonyl (C=O) groups excluding carboxylic acids is 4. The highest BCUT2D eigenvalue weighted by atomic mass is 19.4. The molecule has 1 unspecified atom stereocenters. The molecule has 1 aliphatic rings. The number of hydrogen-bond acceptors (Lipinski definition) is 7. The van der Waals surface area contributed by atoms with Crippen LogP contribution in [0, 0.1) is 5.92 Å². The molecule has 28 heavy (non-hydrogen) atoms. The quantitative estimate of drug-likeness (QED) is 0.399. The van der Waals surface area contributed by atoms with E-state index in [2.05, 4.69) is 14.5 Å². The number of methoxy groups -OCH3 is 1. The molecule has 0 aromatic heterocycles. The molecule has 1 atom stereocenters. The summed E-state index contributed by atoms with van der Waals surface area (Å²) in [5, 5.41) is 0. The van der Waals surface area contributed by atoms with Crippen LogP contribution in [0.5, 0.6) is 0 Å². The molecule has 0 aliphatic carbocycles. The van der Waals surface area contributed by atoms with Gasteiger partial charge < -0.3 is 9.47 Å². The molecular formula is C15H9F6NO6. The molecular weight excluding hydrogens is 404 g/mol. The van der Waals surface area contributed by atoms with Crippen molar-refractivity contribution in [2.45, 2.75) is 12.4 Å². The minimum absolute atomic E-state index is 0.257. The van der Waals surface area contributed by atoms with Crippen LogP contribution in [-0.4, -0.2) is 49.4 Å². The third kappa shape index (κ3) is 5.89. The molecule has 0 bridgehead atoms. The summed E-state index contributed by atoms with van der Waals surface area (Å²) >= 11 is 0. The lowest BCUT2D eigenvalue weighted by Crippen LogP contribution is -2.34. The molecule has 0 fully saturated rings. The monoisotopic (exact) mass is 413 g/mol. The van der Waals surface area contributed by atoms with Crippen molar-refractivity contribution in [1.82, 2.24) is 0 Å². The fourth-order valence-corrected chi connectivity index (χ4v) is 1.68. The standard InChI is InChI=1S/C11H9NO3.C4F6O3/c1-15-11(14)8-6-12-9-5-3-2-4-7(9)10(8)13;5-3(6,7)1(11)13-2(12)4(8,9)10/h2-6,8H,1H3;. The predicted octanol–water partition coefficient (Wildman–Crippen LogP) is 2.56. The number of fused-ring (bicyclic) bond motifs is 1. The molecule has 0 saturated heterocycles. The molecule has 152 valence electrons. The van der Waals surface area contributed by atoms with E-state index >= 15 is 0 Å². The van der Waals surface area contributed by atoms with Crippen LogP contribution in [0.4, 0.5) is 32.0 Å². The summed E-state index contributed by atoms with van der Waals surface area (Å²) in [4.78, 5) is 46.4. The first-order valence-electron chi connectivity index (χ1n) is 6.94. The largest absolute Gasteiger partial charge is 0.491 e. The Morgan fingerprint density at radius 2 is 1.46 bits per heavy atom. The van der Waals surface area contributed by atoms with Crippen LogP contribution < -0.4 is 0 Å². The Morgan fingerprint density at radius 1 is 0.964 bits per heavy atom. The zero-order valence-electron chi connectivity index (χ0n) is 13.6. The number of aliphatic imine (C=N–C) groups is 1. The molecule has 1 aromatic carbocycles. The summed E-state index contributed by atoms with van der Waals surface area (Å²) < 4.78 is 74.2. The van der Waals surface area contributed by atoms with E-state index in [1.165, 1.54) is 13.3 Å². The molecule has 0 saturated carbocycles. The average molecular weight is 413 g/mol. The number of carbonyl (C=O) groups is 4. The first-order valence-corrected chi connectivity index (χ1v) is 6.94. The zero-order valence-corrected chi connectivity index (χ0v) is 13.6. The molecule has 0 spiro atoms. The summed E-state index contributed by atoms with van der Waals surface area (Å²) in [6.45, 7) is 0. The van der Waals surface area contributed by atoms with E-state index in [4.69, 9.17) is 0 Å². The van der Waals surface area contributed by atoms with Crippen molar-refractivity contribution < 1.29 is 55.0 Å². The van der Waals surface area contributed by atoms with Crippen LogP contribution in [0.15, 0.2) is 29.3 Å². The van der Waals surface area contributed by atoms with Gasteiger partial charge in [0.1, 0.15) is 0 Å². The normalized spacial score (nSPS) is 15.7. The molecule has 7 nitrogen and oxygen atoms in total. The van der Waals surface area contributed by atoms with E-state index in [0.29, 0.717) is 11.3 Å². The lowest BCUT2D eigenvalue weighted by Gasteiger charge is -2.14. The number of alkyl halides is 6. The molecule has 1 aliphatic heterocycles. The minimum atomic E-state index is -5.62. The molecule has 1 aromatic rings. The van der Waals surface area contributed by atoms with E-state index in [1.54, 1.807) is 24.3 Å². The maximum atomic E-state index is 11.8. The average Bonchev–Trinajstić information content (AvgIpc) is 2.60. The van der Waals surface area contributed by atoms with Gasteiger partial charge in [-0.25, -0.2) is 9.59 Å². The van der Waals surface area contributed by atoms with Gasteiger partial charge in [0, 0.05) is 11.8 Å². The maximum Gasteiger partial charge on any atom is 0.491 e. The third-order valence-electron chi connectivity index (χ3n) is 2.92. The molecule has 2 rings (SSSR count). The Labute approximate surface area is 151 Å². The number of nitrogens with zero attached hydrogens (tertiary/aromatic N) is 1. The lowest BCUT2D eigenvalue weighted by molar-refractivity contribution is -0.221. The number of ether oxygens (including phenoxy) is 2. The van der Waals surface area contributed by atoms with Crippen molar-refractivity contribution in [2.75, 3.05) is 7.11 Å². The molecule has 1 heterocycles. The highest BCUT2D eigenvalue weighted by molar-refractivity contribution is 6.22. The van der Waals surface area contributed by atoms with Gasteiger partial charge in [0.25, 0.3) is 0 Å². The van der Waals surface area contributed by atoms with E-state index in [9.17, 15) is 45.5 Å². The number of ketones is 1. The van der Waals surface area contributed by atoms with Gasteiger partial charge in [-0.05, 0) is 12.1 Å². The fourth-order valence-electron chi connectivity index (χ4n) is 1.68. The predicted molar refractivity (Wildman–Crippen MR) is 77.6 cm³/mol. The van der Waals surface area contributed by atoms with Gasteiger partial charge in [0.2, 0.25) is 0 Å². The Bertz CT molecular complexity index is 790. The number of hydrogen-bond donors (Lipinski definition) is 0. The molecule has 0 N–H and O–H groups in total. The van der Waals surface area contributed by atoms with Gasteiger partial charge in [0.15, 0.2) is 11.7 Å². The smallest absolute Gasteiger partial charge is 0.468 e. The molecule has 13 heteroatoms. The number of benzene rings is 1. The van der Waals surface area contributed by atoms with E-state index < -0.39 is 36.2 Å². The number of Topliss-reactive ketones (excluding diaryl/α,β-unsaturated/α-hetero) is 1. The fraction of sp³-hybridized carbons (Fsp3) is 0.267. The number of rotatable bonds is 1. The summed E-state index contributed by atoms with van der Waals surface area (Å²) in [5.74, 6) is -8.12. The second-order valence-corrected chi connectivity index (χ2v) is 4.83. The van der Waals surface area contributed by atoms with Crippen LogP contribution in [0.2, 0.25) is 0 Å². The van der Waals surface area contributed by atoms with Crippen molar-refractivity contribution in [1.29, 1.82) is 0 Å². The van der Waals surface area contributed by atoms with Gasteiger partial charge in [-0.15, -0.1) is 0 Å². The van der Waals surface area contributed by atoms with Crippen LogP contribution in [0.1, 0.15) is 10.4 Å². The Kier molecular flexibility index (Phi) is 7.02. The van der Waals surface area contributed by atoms with Crippen molar-refractivity contribution in [3.63, 3.8) is 0 Å². The summed E-state index contributed by atoms with van der Waals surface area (Å²) in [6.07, 6.45) is -9.92. The minimum Gasteiger partial charge on any atom is -0.468 e.